The van der Waals surface area contributed by atoms with Crippen LogP contribution >= 0.6 is 0 Å². The van der Waals surface area contributed by atoms with Gasteiger partial charge >= 0.3 is 0 Å². The average molecular weight is 608 g/mol. The highest BCUT2D eigenvalue weighted by Gasteiger charge is 2.47. The Morgan fingerprint density at radius 3 is 1.83 bits per heavy atom. The Balaban J connectivity index is 1.29. The van der Waals surface area contributed by atoms with Gasteiger partial charge in [-0.25, -0.2) is 0 Å². The van der Waals surface area contributed by atoms with Crippen molar-refractivity contribution in [3.05, 3.63) is 144 Å². The Labute approximate surface area is 278 Å². The third kappa shape index (κ3) is 4.33. The van der Waals surface area contributed by atoms with Crippen molar-refractivity contribution >= 4 is 40.2 Å². The number of hydrogen-bond donors (Lipinski definition) is 0. The number of hydrogen-bond acceptors (Lipinski definition) is 2. The first-order chi connectivity index (χ1) is 22.7. The minimum Gasteiger partial charge on any atom is -0.458 e. The second kappa shape index (κ2) is 9.99. The van der Waals surface area contributed by atoms with Crippen LogP contribution in [0.5, 0.6) is 11.5 Å². The Morgan fingerprint density at radius 2 is 1.15 bits per heavy atom. The molecule has 0 N–H and O–H groups in total. The van der Waals surface area contributed by atoms with Crippen molar-refractivity contribution in [2.45, 2.75) is 51.9 Å². The zero-order valence-electron chi connectivity index (χ0n) is 27.8. The largest absolute Gasteiger partial charge is 0.458 e. The molecular formula is C44H38BNO. The fraction of sp³-hybridized carbons (Fsp3) is 0.182. The van der Waals surface area contributed by atoms with Crippen molar-refractivity contribution in [1.29, 1.82) is 0 Å². The summed E-state index contributed by atoms with van der Waals surface area (Å²) in [6, 6.07) is 46.9. The van der Waals surface area contributed by atoms with Gasteiger partial charge in [-0.05, 0) is 116 Å². The molecule has 0 saturated carbocycles. The molecule has 2 heterocycles. The molecule has 0 aromatic heterocycles. The van der Waals surface area contributed by atoms with E-state index in [2.05, 4.69) is 167 Å². The van der Waals surface area contributed by atoms with Gasteiger partial charge in [0.05, 0.1) is 0 Å². The molecule has 2 aliphatic heterocycles. The van der Waals surface area contributed by atoms with Crippen molar-refractivity contribution in [2.24, 2.45) is 0 Å². The van der Waals surface area contributed by atoms with Gasteiger partial charge in [0.2, 0.25) is 0 Å². The highest BCUT2D eigenvalue weighted by Crippen LogP contribution is 2.51. The minimum absolute atomic E-state index is 0.0627. The van der Waals surface area contributed by atoms with Crippen LogP contribution in [0.1, 0.15) is 50.8 Å². The fourth-order valence-corrected chi connectivity index (χ4v) is 8.87. The van der Waals surface area contributed by atoms with Crippen molar-refractivity contribution in [1.82, 2.24) is 0 Å². The van der Waals surface area contributed by atoms with Crippen LogP contribution in [0.4, 0.5) is 17.1 Å². The molecule has 0 amide bonds. The molecule has 0 radical (unpaired) electrons. The van der Waals surface area contributed by atoms with Gasteiger partial charge in [0.25, 0.3) is 6.71 Å². The molecule has 1 aliphatic carbocycles. The first kappa shape index (κ1) is 28.2. The van der Waals surface area contributed by atoms with Crippen LogP contribution in [0.15, 0.2) is 127 Å². The Morgan fingerprint density at radius 1 is 0.553 bits per heavy atom. The Kier molecular flexibility index (Phi) is 6.00. The van der Waals surface area contributed by atoms with Gasteiger partial charge in [-0.1, -0.05) is 119 Å². The lowest BCUT2D eigenvalue weighted by atomic mass is 9.33. The molecule has 0 atom stereocenters. The van der Waals surface area contributed by atoms with Crippen LogP contribution in [0.25, 0.3) is 22.3 Å². The zero-order chi connectivity index (χ0) is 32.1. The molecule has 0 spiro atoms. The van der Waals surface area contributed by atoms with Crippen LogP contribution in [-0.4, -0.2) is 6.71 Å². The predicted octanol–water partition coefficient (Wildman–Crippen LogP) is 9.69. The summed E-state index contributed by atoms with van der Waals surface area (Å²) in [5.41, 5.74) is 16.6. The van der Waals surface area contributed by atoms with Crippen molar-refractivity contribution < 1.29 is 4.74 Å². The van der Waals surface area contributed by atoms with E-state index >= 15 is 0 Å². The maximum atomic E-state index is 6.96. The normalized spacial score (nSPS) is 16.1. The predicted molar refractivity (Wildman–Crippen MR) is 199 cm³/mol. The second-order valence-corrected chi connectivity index (χ2v) is 15.0. The smallest absolute Gasteiger partial charge is 0.256 e. The summed E-state index contributed by atoms with van der Waals surface area (Å²) < 4.78 is 6.96. The topological polar surface area (TPSA) is 12.5 Å². The third-order valence-electron chi connectivity index (χ3n) is 10.7. The van der Waals surface area contributed by atoms with E-state index in [1.165, 1.54) is 66.7 Å². The van der Waals surface area contributed by atoms with Crippen LogP contribution in [0, 0.1) is 6.92 Å². The van der Waals surface area contributed by atoms with Gasteiger partial charge in [-0.2, -0.15) is 0 Å². The summed E-state index contributed by atoms with van der Waals surface area (Å²) in [5, 5.41) is 0. The SMILES string of the molecule is Cc1cc2c3c(c1)N(c1ccc(-c4ccccc4)cc1)c1ccc(-c4ccccc4)cc1B3c1cc3c(cc1O2)C(C)(C)CC3(C)C. The number of fused-ring (bicyclic) bond motifs is 5. The summed E-state index contributed by atoms with van der Waals surface area (Å²) in [6.45, 7) is 11.8. The van der Waals surface area contributed by atoms with Crippen molar-refractivity contribution in [3.8, 4) is 33.8 Å². The summed E-state index contributed by atoms with van der Waals surface area (Å²) in [4.78, 5) is 2.45. The number of nitrogens with zero attached hydrogens (tertiary/aromatic N) is 1. The highest BCUT2D eigenvalue weighted by atomic mass is 16.5. The van der Waals surface area contributed by atoms with E-state index in [-0.39, 0.29) is 17.5 Å². The molecule has 6 aromatic rings. The lowest BCUT2D eigenvalue weighted by Gasteiger charge is -2.41. The fourth-order valence-electron chi connectivity index (χ4n) is 8.87. The van der Waals surface area contributed by atoms with E-state index in [1.54, 1.807) is 0 Å². The minimum atomic E-state index is 0.0627. The van der Waals surface area contributed by atoms with Gasteiger partial charge in [0.15, 0.2) is 0 Å². The van der Waals surface area contributed by atoms with Crippen molar-refractivity contribution in [3.63, 3.8) is 0 Å². The van der Waals surface area contributed by atoms with E-state index in [0.717, 1.165) is 23.6 Å². The summed E-state index contributed by atoms with van der Waals surface area (Å²) in [5.74, 6) is 1.97. The second-order valence-electron chi connectivity index (χ2n) is 15.0. The summed E-state index contributed by atoms with van der Waals surface area (Å²) >= 11 is 0. The molecule has 0 fully saturated rings. The lowest BCUT2D eigenvalue weighted by molar-refractivity contribution is 0.402. The monoisotopic (exact) mass is 607 g/mol. The number of ether oxygens (including phenoxy) is 1. The molecule has 47 heavy (non-hydrogen) atoms. The van der Waals surface area contributed by atoms with Crippen LogP contribution in [0.2, 0.25) is 0 Å². The van der Waals surface area contributed by atoms with Gasteiger partial charge in [-0.3, -0.25) is 0 Å². The van der Waals surface area contributed by atoms with Crippen LogP contribution in [-0.2, 0) is 10.8 Å². The van der Waals surface area contributed by atoms with Crippen LogP contribution < -0.4 is 26.0 Å². The molecule has 228 valence electrons. The Bertz CT molecular complexity index is 2200. The number of anilines is 3. The van der Waals surface area contributed by atoms with E-state index in [4.69, 9.17) is 4.74 Å². The summed E-state index contributed by atoms with van der Waals surface area (Å²) in [7, 11) is 0. The Hall–Kier alpha value is -5.02. The summed E-state index contributed by atoms with van der Waals surface area (Å²) in [6.07, 6.45) is 1.13. The molecule has 0 bridgehead atoms. The van der Waals surface area contributed by atoms with E-state index in [9.17, 15) is 0 Å². The molecule has 2 nitrogen and oxygen atoms in total. The molecule has 3 heteroatoms. The standard InChI is InChI=1S/C44H38BNO/c1-28-22-39-42-41(23-28)47-40-26-35-34(43(2,3)27-44(35,4)5)25-37(40)45(42)36-24-32(30-14-10-7-11-15-30)18-21-38(36)46(39)33-19-16-31(17-20-33)29-12-8-6-9-13-29/h6-26H,27H2,1-5H3. The number of benzene rings is 6. The number of aryl methyl sites for hydroxylation is 1. The first-order valence-electron chi connectivity index (χ1n) is 16.8. The molecule has 9 rings (SSSR count). The van der Waals surface area contributed by atoms with Gasteiger partial charge in [0, 0.05) is 17.1 Å². The van der Waals surface area contributed by atoms with E-state index in [1.807, 2.05) is 0 Å². The zero-order valence-corrected chi connectivity index (χ0v) is 27.8. The van der Waals surface area contributed by atoms with Crippen LogP contribution in [0.3, 0.4) is 0 Å². The molecule has 3 aliphatic rings. The molecule has 6 aromatic carbocycles. The molecule has 0 saturated heterocycles. The quantitative estimate of drug-likeness (QED) is 0.186. The molecule has 0 unspecified atom stereocenters. The van der Waals surface area contributed by atoms with Gasteiger partial charge < -0.3 is 9.64 Å². The maximum Gasteiger partial charge on any atom is 0.256 e. The third-order valence-corrected chi connectivity index (χ3v) is 10.7. The first-order valence-corrected chi connectivity index (χ1v) is 16.8. The van der Waals surface area contributed by atoms with E-state index < -0.39 is 0 Å². The van der Waals surface area contributed by atoms with E-state index in [0.29, 0.717) is 0 Å². The number of rotatable bonds is 3. The lowest BCUT2D eigenvalue weighted by Crippen LogP contribution is -2.59. The van der Waals surface area contributed by atoms with Gasteiger partial charge in [-0.15, -0.1) is 0 Å². The average Bonchev–Trinajstić information content (AvgIpc) is 3.26. The molecular weight excluding hydrogens is 569 g/mol. The maximum absolute atomic E-state index is 6.96. The van der Waals surface area contributed by atoms with Gasteiger partial charge in [0.1, 0.15) is 11.5 Å². The van der Waals surface area contributed by atoms with Crippen molar-refractivity contribution in [2.75, 3.05) is 4.90 Å². The highest BCUT2D eigenvalue weighted by molar-refractivity contribution is 6.99.